The van der Waals surface area contributed by atoms with Crippen molar-refractivity contribution in [2.45, 2.75) is 70.1 Å². The smallest absolute Gasteiger partial charge is 0.222 e. The Labute approximate surface area is 218 Å². The molecule has 176 valence electrons. The lowest BCUT2D eigenvalue weighted by Crippen LogP contribution is -2.40. The molecule has 2 fully saturated rings. The molecule has 5 rings (SSSR count). The summed E-state index contributed by atoms with van der Waals surface area (Å²) in [5.74, 6) is 1.67. The van der Waals surface area contributed by atoms with Gasteiger partial charge in [0.25, 0.3) is 0 Å². The third kappa shape index (κ3) is 5.21. The number of hydrogen-bond donors (Lipinski definition) is 0. The van der Waals surface area contributed by atoms with Crippen molar-refractivity contribution in [3.8, 4) is 0 Å². The first-order chi connectivity index (χ1) is 16.0. The van der Waals surface area contributed by atoms with Crippen LogP contribution >= 0.6 is 43.5 Å². The Balaban J connectivity index is 1.38. The van der Waals surface area contributed by atoms with E-state index in [1.807, 2.05) is 12.3 Å². The van der Waals surface area contributed by atoms with Crippen molar-refractivity contribution in [3.63, 3.8) is 0 Å². The van der Waals surface area contributed by atoms with Crippen LogP contribution in [0.2, 0.25) is 5.02 Å². The molecule has 2 aliphatic carbocycles. The van der Waals surface area contributed by atoms with Gasteiger partial charge in [0, 0.05) is 45.6 Å². The number of aromatic nitrogens is 1. The summed E-state index contributed by atoms with van der Waals surface area (Å²) in [5, 5.41) is 0.780. The molecule has 3 aliphatic rings. The Morgan fingerprint density at radius 3 is 2.48 bits per heavy atom. The van der Waals surface area contributed by atoms with Crippen LogP contribution in [0.3, 0.4) is 0 Å². The van der Waals surface area contributed by atoms with E-state index in [0.717, 1.165) is 59.2 Å². The fourth-order valence-electron chi connectivity index (χ4n) is 6.28. The fourth-order valence-corrected chi connectivity index (χ4v) is 7.78. The summed E-state index contributed by atoms with van der Waals surface area (Å²) >= 11 is 13.9. The highest BCUT2D eigenvalue weighted by atomic mass is 79.9. The van der Waals surface area contributed by atoms with Gasteiger partial charge in [-0.25, -0.2) is 0 Å². The van der Waals surface area contributed by atoms with Crippen LogP contribution in [0.5, 0.6) is 0 Å². The number of benzene rings is 1. The lowest BCUT2D eigenvalue weighted by molar-refractivity contribution is -0.133. The van der Waals surface area contributed by atoms with Crippen molar-refractivity contribution in [3.05, 3.63) is 60.7 Å². The molecule has 33 heavy (non-hydrogen) atoms. The normalized spacial score (nSPS) is 21.9. The van der Waals surface area contributed by atoms with Crippen LogP contribution < -0.4 is 0 Å². The van der Waals surface area contributed by atoms with Gasteiger partial charge in [0.1, 0.15) is 0 Å². The maximum Gasteiger partial charge on any atom is 0.222 e. The Kier molecular flexibility index (Phi) is 7.49. The van der Waals surface area contributed by atoms with Crippen molar-refractivity contribution in [1.29, 1.82) is 0 Å². The van der Waals surface area contributed by atoms with E-state index in [1.54, 1.807) is 0 Å². The number of amides is 1. The molecule has 1 aromatic carbocycles. The Morgan fingerprint density at radius 2 is 1.73 bits per heavy atom. The molecule has 0 spiro atoms. The van der Waals surface area contributed by atoms with Gasteiger partial charge in [-0.15, -0.1) is 0 Å². The van der Waals surface area contributed by atoms with Crippen molar-refractivity contribution in [2.75, 3.05) is 13.1 Å². The van der Waals surface area contributed by atoms with Gasteiger partial charge < -0.3 is 4.90 Å². The fraction of sp³-hybridized carbons (Fsp3) is 0.556. The maximum absolute atomic E-state index is 13.0. The van der Waals surface area contributed by atoms with Crippen LogP contribution in [0.15, 0.2) is 33.3 Å². The highest BCUT2D eigenvalue weighted by molar-refractivity contribution is 9.10. The van der Waals surface area contributed by atoms with Crippen molar-refractivity contribution in [2.24, 2.45) is 11.8 Å². The van der Waals surface area contributed by atoms with Crippen LogP contribution in [0.25, 0.3) is 0 Å². The van der Waals surface area contributed by atoms with Gasteiger partial charge in [-0.1, -0.05) is 46.8 Å². The minimum atomic E-state index is 0.229. The van der Waals surface area contributed by atoms with Crippen molar-refractivity contribution < 1.29 is 4.79 Å². The number of rotatable bonds is 3. The molecule has 2 heterocycles. The van der Waals surface area contributed by atoms with E-state index in [2.05, 4.69) is 48.9 Å². The zero-order valence-electron chi connectivity index (χ0n) is 19.0. The molecule has 6 heteroatoms. The van der Waals surface area contributed by atoms with Crippen molar-refractivity contribution in [1.82, 2.24) is 9.88 Å². The molecular formula is C27H31Br2ClN2O. The minimum absolute atomic E-state index is 0.229. The van der Waals surface area contributed by atoms with Gasteiger partial charge in [0.15, 0.2) is 0 Å². The summed E-state index contributed by atoms with van der Waals surface area (Å²) in [6.45, 7) is 1.72. The number of piperidine rings is 1. The summed E-state index contributed by atoms with van der Waals surface area (Å²) in [7, 11) is 0. The largest absolute Gasteiger partial charge is 0.343 e. The number of fused-ring (bicyclic) bond motifs is 2. The van der Waals surface area contributed by atoms with Gasteiger partial charge in [0.05, 0.1) is 5.69 Å². The molecule has 1 atom stereocenters. The molecule has 3 nitrogen and oxygen atoms in total. The second-order valence-corrected chi connectivity index (χ2v) is 12.3. The zero-order valence-corrected chi connectivity index (χ0v) is 22.9. The van der Waals surface area contributed by atoms with E-state index in [-0.39, 0.29) is 5.92 Å². The summed E-state index contributed by atoms with van der Waals surface area (Å²) in [6, 6.07) is 6.40. The molecule has 2 aromatic rings. The number of nitrogens with zero attached hydrogens (tertiary/aromatic N) is 2. The van der Waals surface area contributed by atoms with Gasteiger partial charge in [0.2, 0.25) is 5.91 Å². The Morgan fingerprint density at radius 1 is 1.00 bits per heavy atom. The van der Waals surface area contributed by atoms with E-state index in [4.69, 9.17) is 16.6 Å². The van der Waals surface area contributed by atoms with E-state index >= 15 is 0 Å². The second kappa shape index (κ2) is 10.4. The van der Waals surface area contributed by atoms with Crippen LogP contribution in [-0.2, 0) is 17.6 Å². The third-order valence-corrected chi connectivity index (χ3v) is 9.28. The molecule has 1 aliphatic heterocycles. The van der Waals surface area contributed by atoms with E-state index in [0.29, 0.717) is 17.7 Å². The van der Waals surface area contributed by atoms with Crippen LogP contribution in [0, 0.1) is 11.8 Å². The zero-order chi connectivity index (χ0) is 22.9. The summed E-state index contributed by atoms with van der Waals surface area (Å²) in [6.07, 6.45) is 13.1. The number of likely N-dealkylation sites (tertiary alicyclic amines) is 1. The van der Waals surface area contributed by atoms with Crippen LogP contribution in [0.4, 0.5) is 0 Å². The number of pyridine rings is 1. The first kappa shape index (κ1) is 23.8. The number of aryl methyl sites for hydroxylation is 2. The molecule has 0 bridgehead atoms. The van der Waals surface area contributed by atoms with Gasteiger partial charge in [-0.3, -0.25) is 9.78 Å². The third-order valence-electron chi connectivity index (χ3n) is 7.97. The molecule has 1 saturated carbocycles. The molecule has 0 unspecified atom stereocenters. The molecule has 1 amide bonds. The predicted octanol–water partition coefficient (Wildman–Crippen LogP) is 7.70. The lowest BCUT2D eigenvalue weighted by atomic mass is 9.76. The highest BCUT2D eigenvalue weighted by Gasteiger charge is 2.36. The first-order valence-electron chi connectivity index (χ1n) is 12.4. The topological polar surface area (TPSA) is 33.2 Å². The highest BCUT2D eigenvalue weighted by Crippen LogP contribution is 2.46. The van der Waals surface area contributed by atoms with E-state index in [1.165, 1.54) is 54.5 Å². The second-order valence-electron chi connectivity index (χ2n) is 10.1. The summed E-state index contributed by atoms with van der Waals surface area (Å²) in [4.78, 5) is 20.1. The number of carbonyl (C=O) groups excluding carboxylic acids is 1. The maximum atomic E-state index is 13.0. The molecular weight excluding hydrogens is 564 g/mol. The average Bonchev–Trinajstić information content (AvgIpc) is 2.96. The first-order valence-corrected chi connectivity index (χ1v) is 14.4. The molecule has 1 saturated heterocycles. The van der Waals surface area contributed by atoms with Gasteiger partial charge in [-0.05, 0) is 101 Å². The standard InChI is InChI=1S/C27H31Br2ClN2O/c28-21-13-20-7-6-19-14-22(30)15-23(29)25(19)26(27(20)31-16-21)18-8-10-32(11-9-18)24(33)12-17-4-2-1-3-5-17/h13-18,26H,1-12H2/t26-/m1/s1. The van der Waals surface area contributed by atoms with Gasteiger partial charge >= 0.3 is 0 Å². The molecule has 1 aromatic heterocycles. The van der Waals surface area contributed by atoms with Gasteiger partial charge in [-0.2, -0.15) is 0 Å². The average molecular weight is 595 g/mol. The predicted molar refractivity (Wildman–Crippen MR) is 141 cm³/mol. The van der Waals surface area contributed by atoms with E-state index in [9.17, 15) is 4.79 Å². The Bertz CT molecular complexity index is 1030. The lowest BCUT2D eigenvalue weighted by Gasteiger charge is -2.37. The minimum Gasteiger partial charge on any atom is -0.343 e. The van der Waals surface area contributed by atoms with Crippen LogP contribution in [-0.4, -0.2) is 28.9 Å². The monoisotopic (exact) mass is 592 g/mol. The number of hydrogen-bond acceptors (Lipinski definition) is 2. The number of halogens is 3. The van der Waals surface area contributed by atoms with E-state index < -0.39 is 0 Å². The van der Waals surface area contributed by atoms with Crippen LogP contribution in [0.1, 0.15) is 79.7 Å². The van der Waals surface area contributed by atoms with Crippen molar-refractivity contribution >= 4 is 49.4 Å². The Hall–Kier alpha value is -0.910. The molecule has 0 radical (unpaired) electrons. The summed E-state index contributed by atoms with van der Waals surface area (Å²) < 4.78 is 2.12. The SMILES string of the molecule is O=C(CC1CCCCC1)N1CCC([C@H]2c3ncc(Br)cc3CCc3cc(Cl)cc(Br)c32)CC1. The summed E-state index contributed by atoms with van der Waals surface area (Å²) in [5.41, 5.74) is 5.20. The number of carbonyl (C=O) groups is 1. The molecule has 0 N–H and O–H groups in total. The quantitative estimate of drug-likeness (QED) is 0.365.